The summed E-state index contributed by atoms with van der Waals surface area (Å²) in [4.78, 5) is 2.85. The third kappa shape index (κ3) is 4.63. The minimum atomic E-state index is 0.187. The number of hydrogen-bond donors (Lipinski definition) is 0. The van der Waals surface area contributed by atoms with Crippen LogP contribution in [0.2, 0.25) is 0 Å². The highest BCUT2D eigenvalue weighted by Gasteiger charge is 2.33. The first-order valence-electron chi connectivity index (χ1n) is 14.9. The van der Waals surface area contributed by atoms with Gasteiger partial charge >= 0.3 is 0 Å². The number of fused-ring (bicyclic) bond motifs is 5. The molecule has 0 unspecified atom stereocenters. The van der Waals surface area contributed by atoms with Crippen LogP contribution in [-0.4, -0.2) is 0 Å². The Morgan fingerprint density at radius 2 is 1.48 bits per heavy atom. The van der Waals surface area contributed by atoms with Gasteiger partial charge in [0.1, 0.15) is 7.05 Å². The van der Waals surface area contributed by atoms with E-state index in [9.17, 15) is 0 Å². The second-order valence-corrected chi connectivity index (χ2v) is 15.9. The summed E-state index contributed by atoms with van der Waals surface area (Å²) in [6.45, 7) is 21.1. The molecule has 40 heavy (non-hydrogen) atoms. The summed E-state index contributed by atoms with van der Waals surface area (Å²) in [5.41, 5.74) is 9.01. The number of nitrogens with zero attached hydrogens (tertiary/aromatic N) is 1. The first kappa shape index (κ1) is 27.3. The lowest BCUT2D eigenvalue weighted by atomic mass is 9.82. The number of pyridine rings is 1. The predicted octanol–water partition coefficient (Wildman–Crippen LogP) is 10.7. The van der Waals surface area contributed by atoms with E-state index in [0.717, 1.165) is 12.8 Å². The zero-order valence-electron chi connectivity index (χ0n) is 26.0. The fourth-order valence-electron chi connectivity index (χ4n) is 6.70. The molecule has 0 bridgehead atoms. The maximum atomic E-state index is 2.48. The largest absolute Gasteiger partial charge is 0.222 e. The van der Waals surface area contributed by atoms with Gasteiger partial charge in [-0.1, -0.05) is 104 Å². The Bertz CT molecular complexity index is 1830. The SMILES string of the molecule is Cc1c2c(c(CC(C)(C)C)c3ccc(C(C)C)cc13)Sc1cc3cc(CC(C)(C)C)ccc3c3cc[n+](C)c-2c13. The zero-order valence-corrected chi connectivity index (χ0v) is 26.9. The molecule has 0 spiro atoms. The van der Waals surface area contributed by atoms with Crippen molar-refractivity contribution in [1.82, 2.24) is 0 Å². The quantitative estimate of drug-likeness (QED) is 0.158. The van der Waals surface area contributed by atoms with Gasteiger partial charge in [0.2, 0.25) is 5.69 Å². The van der Waals surface area contributed by atoms with Crippen molar-refractivity contribution in [3.8, 4) is 11.3 Å². The molecule has 4 aromatic carbocycles. The maximum Gasteiger partial charge on any atom is 0.222 e. The summed E-state index contributed by atoms with van der Waals surface area (Å²) in [5, 5.41) is 8.33. The summed E-state index contributed by atoms with van der Waals surface area (Å²) < 4.78 is 2.37. The standard InChI is InChI=1S/C38H44NS/c1-22(2)25-12-14-28-30(18-25)23(3)33-35-34-29(15-16-39(35)10)27-13-11-24(20-37(4,5)6)17-26(27)19-32(34)40-36(33)31(28)21-38(7,8)9/h11-19,22H,20-21H2,1-10H3/q+1. The van der Waals surface area contributed by atoms with Crippen LogP contribution in [0.4, 0.5) is 0 Å². The van der Waals surface area contributed by atoms with E-state index in [1.807, 2.05) is 11.8 Å². The first-order chi connectivity index (χ1) is 18.7. The molecule has 1 aliphatic rings. The van der Waals surface area contributed by atoms with Gasteiger partial charge in [-0.05, 0) is 86.4 Å². The molecule has 0 aliphatic carbocycles. The van der Waals surface area contributed by atoms with Crippen LogP contribution < -0.4 is 4.57 Å². The van der Waals surface area contributed by atoms with E-state index in [2.05, 4.69) is 129 Å². The lowest BCUT2D eigenvalue weighted by Gasteiger charge is -2.28. The number of benzene rings is 4. The normalized spacial score (nSPS) is 13.6. The number of hydrogen-bond acceptors (Lipinski definition) is 1. The van der Waals surface area contributed by atoms with Crippen LogP contribution in [0.5, 0.6) is 0 Å². The second-order valence-electron chi connectivity index (χ2n) is 14.8. The minimum Gasteiger partial charge on any atom is -0.200 e. The second kappa shape index (κ2) is 9.35. The van der Waals surface area contributed by atoms with E-state index in [1.165, 1.54) is 75.6 Å². The summed E-state index contributed by atoms with van der Waals surface area (Å²) in [5.74, 6) is 0.509. The Kier molecular flexibility index (Phi) is 6.39. The van der Waals surface area contributed by atoms with Gasteiger partial charge in [0, 0.05) is 21.2 Å². The highest BCUT2D eigenvalue weighted by Crippen LogP contribution is 2.53. The number of rotatable bonds is 3. The van der Waals surface area contributed by atoms with Crippen LogP contribution in [0, 0.1) is 17.8 Å². The Hall–Kier alpha value is -2.84. The fourth-order valence-corrected chi connectivity index (χ4v) is 8.07. The van der Waals surface area contributed by atoms with Crippen LogP contribution in [0.1, 0.15) is 83.6 Å². The zero-order chi connectivity index (χ0) is 28.7. The molecule has 6 rings (SSSR count). The van der Waals surface area contributed by atoms with Gasteiger partial charge in [0.25, 0.3) is 0 Å². The molecule has 206 valence electrons. The maximum absolute atomic E-state index is 2.48. The molecule has 1 nitrogen and oxygen atoms in total. The minimum absolute atomic E-state index is 0.187. The summed E-state index contributed by atoms with van der Waals surface area (Å²) in [7, 11) is 2.23. The molecule has 0 saturated heterocycles. The molecule has 0 atom stereocenters. The Labute approximate surface area is 245 Å². The fraction of sp³-hybridized carbons (Fsp3) is 0.395. The molecule has 1 aromatic heterocycles. The summed E-state index contributed by atoms with van der Waals surface area (Å²) >= 11 is 2.01. The third-order valence-electron chi connectivity index (χ3n) is 8.47. The van der Waals surface area contributed by atoms with Crippen molar-refractivity contribution in [3.63, 3.8) is 0 Å². The molecule has 0 N–H and O–H groups in total. The topological polar surface area (TPSA) is 3.88 Å². The highest BCUT2D eigenvalue weighted by atomic mass is 32.2. The lowest BCUT2D eigenvalue weighted by Crippen LogP contribution is -2.32. The predicted molar refractivity (Wildman–Crippen MR) is 175 cm³/mol. The Balaban J connectivity index is 1.71. The molecule has 2 heterocycles. The van der Waals surface area contributed by atoms with E-state index in [4.69, 9.17) is 0 Å². The first-order valence-corrected chi connectivity index (χ1v) is 15.7. The monoisotopic (exact) mass is 546 g/mol. The van der Waals surface area contributed by atoms with Gasteiger partial charge in [-0.25, -0.2) is 4.57 Å². The summed E-state index contributed by atoms with van der Waals surface area (Å²) in [6.07, 6.45) is 4.42. The van der Waals surface area contributed by atoms with Crippen molar-refractivity contribution in [2.24, 2.45) is 17.9 Å². The molecule has 1 aliphatic heterocycles. The molecule has 5 aromatic rings. The lowest BCUT2D eigenvalue weighted by molar-refractivity contribution is -0.659. The van der Waals surface area contributed by atoms with Gasteiger partial charge in [-0.15, -0.1) is 0 Å². The van der Waals surface area contributed by atoms with Gasteiger partial charge in [-0.2, -0.15) is 0 Å². The third-order valence-corrected chi connectivity index (χ3v) is 9.67. The Morgan fingerprint density at radius 3 is 2.15 bits per heavy atom. The van der Waals surface area contributed by atoms with Crippen molar-refractivity contribution in [2.75, 3.05) is 0 Å². The molecule has 2 heteroatoms. The van der Waals surface area contributed by atoms with Crippen molar-refractivity contribution in [1.29, 1.82) is 0 Å². The van der Waals surface area contributed by atoms with Gasteiger partial charge < -0.3 is 0 Å². The van der Waals surface area contributed by atoms with E-state index >= 15 is 0 Å². The Morgan fingerprint density at radius 1 is 0.775 bits per heavy atom. The molecular weight excluding hydrogens is 502 g/mol. The van der Waals surface area contributed by atoms with Crippen molar-refractivity contribution < 1.29 is 4.57 Å². The van der Waals surface area contributed by atoms with Crippen molar-refractivity contribution in [3.05, 3.63) is 77.0 Å². The van der Waals surface area contributed by atoms with Crippen molar-refractivity contribution in [2.45, 2.75) is 90.9 Å². The van der Waals surface area contributed by atoms with Crippen LogP contribution in [-0.2, 0) is 19.9 Å². The van der Waals surface area contributed by atoms with E-state index in [0.29, 0.717) is 5.92 Å². The van der Waals surface area contributed by atoms with Gasteiger partial charge in [-0.3, -0.25) is 0 Å². The van der Waals surface area contributed by atoms with E-state index in [-0.39, 0.29) is 10.8 Å². The van der Waals surface area contributed by atoms with Crippen LogP contribution in [0.3, 0.4) is 0 Å². The molecule has 0 amide bonds. The molecule has 0 radical (unpaired) electrons. The smallest absolute Gasteiger partial charge is 0.200 e. The molecule has 0 fully saturated rings. The van der Waals surface area contributed by atoms with Crippen LogP contribution in [0.25, 0.3) is 43.6 Å². The van der Waals surface area contributed by atoms with Crippen molar-refractivity contribution >= 4 is 44.1 Å². The van der Waals surface area contributed by atoms with Gasteiger partial charge in [0.05, 0.1) is 10.9 Å². The average molecular weight is 547 g/mol. The van der Waals surface area contributed by atoms with Crippen LogP contribution in [0.15, 0.2) is 64.5 Å². The number of aryl methyl sites for hydroxylation is 2. The van der Waals surface area contributed by atoms with Crippen LogP contribution >= 0.6 is 11.8 Å². The van der Waals surface area contributed by atoms with E-state index in [1.54, 1.807) is 0 Å². The molecule has 0 saturated carbocycles. The highest BCUT2D eigenvalue weighted by molar-refractivity contribution is 8.00. The average Bonchev–Trinajstić information content (AvgIpc) is 2.85. The number of aromatic nitrogens is 1. The summed E-state index contributed by atoms with van der Waals surface area (Å²) in [6, 6.07) is 19.2. The van der Waals surface area contributed by atoms with E-state index < -0.39 is 0 Å². The molecular formula is C38H44NS+. The van der Waals surface area contributed by atoms with Gasteiger partial charge in [0.15, 0.2) is 6.20 Å².